The van der Waals surface area contributed by atoms with Gasteiger partial charge in [-0.25, -0.2) is 17.6 Å². The standard InChI is InChI=1S/C8H7F2NO.C7H3ClF2O.2CH4/c1-11-8(12)6-3-2-5(9)4-7(6)10;8-7(11)5-2-1-4(9)3-6(5)10;;/h2-4H,1H3,(H,11,12);1-3H;2*1H4. The molecule has 0 aliphatic rings. The highest BCUT2D eigenvalue weighted by molar-refractivity contribution is 6.67. The minimum atomic E-state index is -0.940. The number of amides is 1. The third kappa shape index (κ3) is 7.34. The van der Waals surface area contributed by atoms with Crippen molar-refractivity contribution in [2.45, 2.75) is 14.9 Å². The van der Waals surface area contributed by atoms with E-state index in [2.05, 4.69) is 5.32 Å². The zero-order valence-corrected chi connectivity index (χ0v) is 12.4. The molecule has 0 fully saturated rings. The van der Waals surface area contributed by atoms with E-state index in [-0.39, 0.29) is 26.0 Å². The number of nitrogens with one attached hydrogen (secondary N) is 1. The Labute approximate surface area is 148 Å². The van der Waals surface area contributed by atoms with Crippen LogP contribution in [0.5, 0.6) is 0 Å². The summed E-state index contributed by atoms with van der Waals surface area (Å²) in [5, 5.41) is 1.31. The van der Waals surface area contributed by atoms with Crippen LogP contribution in [0.25, 0.3) is 0 Å². The molecular formula is C17H18ClF4NO2. The van der Waals surface area contributed by atoms with Crippen LogP contribution in [0.2, 0.25) is 0 Å². The summed E-state index contributed by atoms with van der Waals surface area (Å²) in [6, 6.07) is 5.38. The van der Waals surface area contributed by atoms with Gasteiger partial charge in [-0.1, -0.05) is 14.9 Å². The first-order chi connectivity index (χ1) is 10.8. The number of halogens is 5. The first-order valence-electron chi connectivity index (χ1n) is 6.08. The Morgan fingerprint density at radius 1 is 0.840 bits per heavy atom. The molecule has 1 N–H and O–H groups in total. The van der Waals surface area contributed by atoms with Crippen molar-refractivity contribution in [2.75, 3.05) is 7.05 Å². The van der Waals surface area contributed by atoms with Crippen molar-refractivity contribution in [3.05, 3.63) is 70.8 Å². The van der Waals surface area contributed by atoms with E-state index >= 15 is 0 Å². The number of carbonyl (C=O) groups is 2. The number of rotatable bonds is 2. The third-order valence-electron chi connectivity index (χ3n) is 2.55. The van der Waals surface area contributed by atoms with E-state index in [0.29, 0.717) is 12.1 Å². The van der Waals surface area contributed by atoms with Crippen LogP contribution in [0, 0.1) is 23.3 Å². The maximum atomic E-state index is 12.8. The molecule has 0 radical (unpaired) electrons. The Morgan fingerprint density at radius 3 is 1.56 bits per heavy atom. The van der Waals surface area contributed by atoms with Crippen LogP contribution in [-0.4, -0.2) is 18.2 Å². The predicted octanol–water partition coefficient (Wildman–Crippen LogP) is 4.94. The minimum Gasteiger partial charge on any atom is -0.355 e. The lowest BCUT2D eigenvalue weighted by Crippen LogP contribution is -2.19. The Morgan fingerprint density at radius 2 is 1.24 bits per heavy atom. The molecule has 1 amide bonds. The Kier molecular flexibility index (Phi) is 11.1. The van der Waals surface area contributed by atoms with E-state index in [0.717, 1.165) is 24.3 Å². The molecule has 8 heteroatoms. The van der Waals surface area contributed by atoms with Gasteiger partial charge in [0.25, 0.3) is 11.1 Å². The first kappa shape index (κ1) is 24.8. The molecule has 0 spiro atoms. The average Bonchev–Trinajstić information content (AvgIpc) is 2.46. The molecule has 0 unspecified atom stereocenters. The van der Waals surface area contributed by atoms with E-state index in [1.165, 1.54) is 7.05 Å². The Hall–Kier alpha value is -2.41. The summed E-state index contributed by atoms with van der Waals surface area (Å²) in [5.41, 5.74) is -0.466. The first-order valence-corrected chi connectivity index (χ1v) is 6.46. The quantitative estimate of drug-likeness (QED) is 0.593. The van der Waals surface area contributed by atoms with Gasteiger partial charge in [0.2, 0.25) is 0 Å². The molecule has 2 rings (SSSR count). The maximum Gasteiger partial charge on any atom is 0.255 e. The monoisotopic (exact) mass is 379 g/mol. The van der Waals surface area contributed by atoms with Crippen molar-refractivity contribution in [1.82, 2.24) is 5.32 Å². The van der Waals surface area contributed by atoms with Gasteiger partial charge in [-0.2, -0.15) is 0 Å². The zero-order chi connectivity index (χ0) is 17.6. The van der Waals surface area contributed by atoms with Gasteiger partial charge in [0.1, 0.15) is 23.3 Å². The summed E-state index contributed by atoms with van der Waals surface area (Å²) in [6.45, 7) is 0. The molecule has 3 nitrogen and oxygen atoms in total. The molecule has 0 aliphatic heterocycles. The van der Waals surface area contributed by atoms with E-state index < -0.39 is 34.4 Å². The number of carbonyl (C=O) groups excluding carboxylic acids is 2. The summed E-state index contributed by atoms with van der Waals surface area (Å²) in [5.74, 6) is -3.78. The molecule has 0 saturated heterocycles. The van der Waals surface area contributed by atoms with Crippen LogP contribution in [-0.2, 0) is 0 Å². The van der Waals surface area contributed by atoms with Crippen LogP contribution in [0.1, 0.15) is 35.6 Å². The van der Waals surface area contributed by atoms with Gasteiger partial charge in [0.05, 0.1) is 11.1 Å². The van der Waals surface area contributed by atoms with Crippen LogP contribution >= 0.6 is 11.6 Å². The smallest absolute Gasteiger partial charge is 0.255 e. The number of hydrogen-bond acceptors (Lipinski definition) is 2. The van der Waals surface area contributed by atoms with E-state index in [9.17, 15) is 27.2 Å². The fourth-order valence-corrected chi connectivity index (χ4v) is 1.61. The highest BCUT2D eigenvalue weighted by Gasteiger charge is 2.10. The van der Waals surface area contributed by atoms with Gasteiger partial charge in [-0.05, 0) is 35.9 Å². The Bertz CT molecular complexity index is 739. The highest BCUT2D eigenvalue weighted by Crippen LogP contribution is 2.11. The maximum absolute atomic E-state index is 12.8. The largest absolute Gasteiger partial charge is 0.355 e. The SMILES string of the molecule is C.C.CNC(=O)c1ccc(F)cc1F.O=C(Cl)c1ccc(F)cc1F. The van der Waals surface area contributed by atoms with E-state index in [1.807, 2.05) is 0 Å². The van der Waals surface area contributed by atoms with Crippen LogP contribution in [0.3, 0.4) is 0 Å². The summed E-state index contributed by atoms with van der Waals surface area (Å²) < 4.78 is 49.9. The normalized spacial score (nSPS) is 8.88. The molecule has 138 valence electrons. The van der Waals surface area contributed by atoms with Crippen molar-refractivity contribution in [3.8, 4) is 0 Å². The van der Waals surface area contributed by atoms with Crippen LogP contribution < -0.4 is 5.32 Å². The zero-order valence-electron chi connectivity index (χ0n) is 11.7. The fourth-order valence-electron chi connectivity index (χ4n) is 1.46. The lowest BCUT2D eigenvalue weighted by atomic mass is 10.2. The van der Waals surface area contributed by atoms with Crippen molar-refractivity contribution >= 4 is 22.8 Å². The van der Waals surface area contributed by atoms with Crippen LogP contribution in [0.15, 0.2) is 36.4 Å². The van der Waals surface area contributed by atoms with E-state index in [4.69, 9.17) is 11.6 Å². The number of benzene rings is 2. The molecule has 0 aromatic heterocycles. The van der Waals surface area contributed by atoms with Gasteiger partial charge in [0.15, 0.2) is 0 Å². The van der Waals surface area contributed by atoms with Crippen molar-refractivity contribution in [3.63, 3.8) is 0 Å². The molecule has 0 heterocycles. The molecule has 2 aromatic rings. The summed E-state index contributed by atoms with van der Waals surface area (Å²) in [4.78, 5) is 21.3. The fraction of sp³-hybridized carbons (Fsp3) is 0.176. The Balaban J connectivity index is 0. The van der Waals surface area contributed by atoms with Gasteiger partial charge in [0, 0.05) is 19.2 Å². The second kappa shape index (κ2) is 11.2. The predicted molar refractivity (Wildman–Crippen MR) is 89.8 cm³/mol. The molecule has 2 aromatic carbocycles. The summed E-state index contributed by atoms with van der Waals surface area (Å²) >= 11 is 4.96. The molecule has 0 saturated carbocycles. The lowest BCUT2D eigenvalue weighted by molar-refractivity contribution is 0.0958. The van der Waals surface area contributed by atoms with Crippen molar-refractivity contribution in [1.29, 1.82) is 0 Å². The molecule has 25 heavy (non-hydrogen) atoms. The number of hydrogen-bond donors (Lipinski definition) is 1. The third-order valence-corrected chi connectivity index (χ3v) is 2.75. The summed E-state index contributed by atoms with van der Waals surface area (Å²) in [6.07, 6.45) is 0. The second-order valence-electron chi connectivity index (χ2n) is 4.10. The highest BCUT2D eigenvalue weighted by atomic mass is 35.5. The molecule has 0 bridgehead atoms. The van der Waals surface area contributed by atoms with Gasteiger partial charge >= 0.3 is 0 Å². The topological polar surface area (TPSA) is 46.2 Å². The average molecular weight is 380 g/mol. The molecular weight excluding hydrogens is 362 g/mol. The second-order valence-corrected chi connectivity index (χ2v) is 4.44. The van der Waals surface area contributed by atoms with Crippen molar-refractivity contribution in [2.24, 2.45) is 0 Å². The molecule has 0 atom stereocenters. The molecule has 0 aliphatic carbocycles. The van der Waals surface area contributed by atoms with Gasteiger partial charge in [-0.15, -0.1) is 0 Å². The van der Waals surface area contributed by atoms with E-state index in [1.54, 1.807) is 0 Å². The van der Waals surface area contributed by atoms with Crippen molar-refractivity contribution < 1.29 is 27.2 Å². The minimum absolute atomic E-state index is 0. The van der Waals surface area contributed by atoms with Gasteiger partial charge in [-0.3, -0.25) is 9.59 Å². The van der Waals surface area contributed by atoms with Gasteiger partial charge < -0.3 is 5.32 Å². The summed E-state index contributed by atoms with van der Waals surface area (Å²) in [7, 11) is 1.38. The lowest BCUT2D eigenvalue weighted by Gasteiger charge is -2.00. The van der Waals surface area contributed by atoms with Crippen LogP contribution in [0.4, 0.5) is 17.6 Å².